The number of ether oxygens (including phenoxy) is 1. The zero-order valence-electron chi connectivity index (χ0n) is 6.74. The third-order valence-corrected chi connectivity index (χ3v) is 1.98. The van der Waals surface area contributed by atoms with Crippen molar-refractivity contribution >= 4 is 0 Å². The molecule has 58 valence electrons. The fourth-order valence-electron chi connectivity index (χ4n) is 1.27. The van der Waals surface area contributed by atoms with Crippen LogP contribution in [0.4, 0.5) is 0 Å². The van der Waals surface area contributed by atoms with Gasteiger partial charge in [0, 0.05) is 18.0 Å². The highest BCUT2D eigenvalue weighted by Crippen LogP contribution is 2.48. The molecule has 0 bridgehead atoms. The van der Waals surface area contributed by atoms with Gasteiger partial charge in [-0.25, -0.2) is 0 Å². The number of hydrogen-bond donors (Lipinski definition) is 0. The molecular weight excluding hydrogens is 138 g/mol. The Bertz CT molecular complexity index is 256. The molecule has 2 heterocycles. The summed E-state index contributed by atoms with van der Waals surface area (Å²) in [6.45, 7) is 4.18. The van der Waals surface area contributed by atoms with Gasteiger partial charge in [-0.1, -0.05) is 6.07 Å². The van der Waals surface area contributed by atoms with Crippen molar-refractivity contribution in [3.05, 3.63) is 30.1 Å². The Kier molecular flexibility index (Phi) is 1.26. The average Bonchev–Trinajstić information content (AvgIpc) is 2.62. The van der Waals surface area contributed by atoms with Crippen LogP contribution in [0.1, 0.15) is 25.5 Å². The summed E-state index contributed by atoms with van der Waals surface area (Å²) in [6, 6.07) is 3.99. The van der Waals surface area contributed by atoms with E-state index in [1.807, 2.05) is 18.3 Å². The molecule has 0 radical (unpaired) electrons. The lowest BCUT2D eigenvalue weighted by Gasteiger charge is -1.94. The Morgan fingerprint density at radius 1 is 1.55 bits per heavy atom. The van der Waals surface area contributed by atoms with Crippen molar-refractivity contribution < 1.29 is 4.74 Å². The van der Waals surface area contributed by atoms with Gasteiger partial charge in [0.15, 0.2) is 0 Å². The van der Waals surface area contributed by atoms with Gasteiger partial charge in [0.25, 0.3) is 0 Å². The topological polar surface area (TPSA) is 25.4 Å². The molecular formula is C9H11NO. The van der Waals surface area contributed by atoms with Gasteiger partial charge in [0.05, 0.1) is 5.60 Å². The normalized spacial score (nSPS) is 26.5. The van der Waals surface area contributed by atoms with E-state index in [2.05, 4.69) is 18.8 Å². The van der Waals surface area contributed by atoms with Crippen LogP contribution in [0.5, 0.6) is 0 Å². The molecule has 1 aromatic rings. The van der Waals surface area contributed by atoms with Gasteiger partial charge in [0.2, 0.25) is 0 Å². The highest BCUT2D eigenvalue weighted by atomic mass is 16.6. The minimum absolute atomic E-state index is 0.0308. The van der Waals surface area contributed by atoms with Crippen LogP contribution in [0, 0.1) is 0 Å². The van der Waals surface area contributed by atoms with Gasteiger partial charge < -0.3 is 4.74 Å². The third kappa shape index (κ3) is 1.14. The van der Waals surface area contributed by atoms with Crippen molar-refractivity contribution in [3.63, 3.8) is 0 Å². The maximum atomic E-state index is 5.45. The van der Waals surface area contributed by atoms with Gasteiger partial charge >= 0.3 is 0 Å². The number of nitrogens with zero attached hydrogens (tertiary/aromatic N) is 1. The summed E-state index contributed by atoms with van der Waals surface area (Å²) < 4.78 is 5.45. The molecule has 1 aliphatic heterocycles. The lowest BCUT2D eigenvalue weighted by Crippen LogP contribution is -1.97. The van der Waals surface area contributed by atoms with E-state index in [1.54, 1.807) is 6.20 Å². The maximum absolute atomic E-state index is 5.45. The standard InChI is InChI=1S/C9H11NO/c1-9(2)8(11-9)7-4-3-5-10-6-7/h3-6,8H,1-2H3. The summed E-state index contributed by atoms with van der Waals surface area (Å²) >= 11 is 0. The molecule has 1 aliphatic rings. The van der Waals surface area contributed by atoms with Crippen LogP contribution in [0.2, 0.25) is 0 Å². The van der Waals surface area contributed by atoms with Gasteiger partial charge in [-0.2, -0.15) is 0 Å². The van der Waals surface area contributed by atoms with Crippen LogP contribution in [0.15, 0.2) is 24.5 Å². The first-order valence-electron chi connectivity index (χ1n) is 3.78. The van der Waals surface area contributed by atoms with E-state index in [-0.39, 0.29) is 11.7 Å². The monoisotopic (exact) mass is 149 g/mol. The summed E-state index contributed by atoms with van der Waals surface area (Å²) in [4.78, 5) is 4.03. The first kappa shape index (κ1) is 6.80. The highest BCUT2D eigenvalue weighted by molar-refractivity contribution is 5.20. The molecule has 2 heteroatoms. The zero-order chi connectivity index (χ0) is 7.90. The summed E-state index contributed by atoms with van der Waals surface area (Å²) in [5.41, 5.74) is 1.21. The molecule has 2 nitrogen and oxygen atoms in total. The third-order valence-electron chi connectivity index (χ3n) is 1.98. The van der Waals surface area contributed by atoms with Gasteiger partial charge in [-0.05, 0) is 19.9 Å². The van der Waals surface area contributed by atoms with Gasteiger partial charge in [0.1, 0.15) is 6.10 Å². The van der Waals surface area contributed by atoms with Gasteiger partial charge in [-0.3, -0.25) is 4.98 Å². The molecule has 1 unspecified atom stereocenters. The van der Waals surface area contributed by atoms with E-state index < -0.39 is 0 Å². The quantitative estimate of drug-likeness (QED) is 0.570. The Hall–Kier alpha value is -0.890. The number of epoxide rings is 1. The van der Waals surface area contributed by atoms with E-state index in [0.29, 0.717) is 0 Å². The van der Waals surface area contributed by atoms with E-state index >= 15 is 0 Å². The van der Waals surface area contributed by atoms with E-state index in [1.165, 1.54) is 5.56 Å². The van der Waals surface area contributed by atoms with Crippen molar-refractivity contribution in [1.82, 2.24) is 4.98 Å². The van der Waals surface area contributed by atoms with Crippen LogP contribution in [-0.2, 0) is 4.74 Å². The minimum atomic E-state index is 0.0308. The number of aromatic nitrogens is 1. The van der Waals surface area contributed by atoms with Crippen molar-refractivity contribution in [3.8, 4) is 0 Å². The summed E-state index contributed by atoms with van der Waals surface area (Å²) in [7, 11) is 0. The fourth-order valence-corrected chi connectivity index (χ4v) is 1.27. The lowest BCUT2D eigenvalue weighted by molar-refractivity contribution is 0.325. The minimum Gasteiger partial charge on any atom is -0.362 e. The summed E-state index contributed by atoms with van der Waals surface area (Å²) in [5.74, 6) is 0. The van der Waals surface area contributed by atoms with E-state index in [0.717, 1.165) is 0 Å². The van der Waals surface area contributed by atoms with Gasteiger partial charge in [-0.15, -0.1) is 0 Å². The predicted molar refractivity (Wildman–Crippen MR) is 42.1 cm³/mol. The smallest absolute Gasteiger partial charge is 0.113 e. The molecule has 0 amide bonds. The van der Waals surface area contributed by atoms with Crippen LogP contribution in [0.25, 0.3) is 0 Å². The second-order valence-electron chi connectivity index (χ2n) is 3.39. The SMILES string of the molecule is CC1(C)OC1c1cccnc1. The van der Waals surface area contributed by atoms with Crippen LogP contribution in [0.3, 0.4) is 0 Å². The van der Waals surface area contributed by atoms with Crippen LogP contribution in [-0.4, -0.2) is 10.6 Å². The van der Waals surface area contributed by atoms with Crippen LogP contribution >= 0.6 is 0 Å². The Balaban J connectivity index is 2.21. The Morgan fingerprint density at radius 3 is 2.73 bits per heavy atom. The molecule has 0 spiro atoms. The molecule has 11 heavy (non-hydrogen) atoms. The molecule has 0 N–H and O–H groups in total. The Labute approximate surface area is 66.2 Å². The first-order chi connectivity index (χ1) is 5.20. The van der Waals surface area contributed by atoms with Crippen molar-refractivity contribution in [1.29, 1.82) is 0 Å². The molecule has 0 aromatic carbocycles. The molecule has 2 rings (SSSR count). The number of rotatable bonds is 1. The average molecular weight is 149 g/mol. The maximum Gasteiger partial charge on any atom is 0.113 e. The van der Waals surface area contributed by atoms with E-state index in [9.17, 15) is 0 Å². The zero-order valence-corrected chi connectivity index (χ0v) is 6.74. The second-order valence-corrected chi connectivity index (χ2v) is 3.39. The van der Waals surface area contributed by atoms with Crippen molar-refractivity contribution in [2.24, 2.45) is 0 Å². The second kappa shape index (κ2) is 2.05. The van der Waals surface area contributed by atoms with E-state index in [4.69, 9.17) is 4.74 Å². The molecule has 1 aromatic heterocycles. The molecule has 0 aliphatic carbocycles. The highest BCUT2D eigenvalue weighted by Gasteiger charge is 2.48. The number of pyridine rings is 1. The predicted octanol–water partition coefficient (Wildman–Crippen LogP) is 1.93. The molecule has 0 saturated carbocycles. The lowest BCUT2D eigenvalue weighted by atomic mass is 10.1. The molecule has 1 fully saturated rings. The van der Waals surface area contributed by atoms with Crippen molar-refractivity contribution in [2.75, 3.05) is 0 Å². The summed E-state index contributed by atoms with van der Waals surface area (Å²) in [6.07, 6.45) is 3.90. The Morgan fingerprint density at radius 2 is 2.27 bits per heavy atom. The fraction of sp³-hybridized carbons (Fsp3) is 0.444. The molecule has 1 atom stereocenters. The first-order valence-corrected chi connectivity index (χ1v) is 3.78. The molecule has 1 saturated heterocycles. The van der Waals surface area contributed by atoms with Crippen molar-refractivity contribution in [2.45, 2.75) is 25.6 Å². The number of hydrogen-bond acceptors (Lipinski definition) is 2. The summed E-state index contributed by atoms with van der Waals surface area (Å²) in [5, 5.41) is 0. The van der Waals surface area contributed by atoms with Crippen LogP contribution < -0.4 is 0 Å². The largest absolute Gasteiger partial charge is 0.362 e.